The third-order valence-corrected chi connectivity index (χ3v) is 5.60. The molecular formula is C14H15N2O5P. The molecule has 1 unspecified atom stereocenters. The summed E-state index contributed by atoms with van der Waals surface area (Å²) in [6.45, 7) is 3.17. The van der Waals surface area contributed by atoms with Gasteiger partial charge in [0.15, 0.2) is 5.69 Å². The molecule has 1 atom stereocenters. The largest absolute Gasteiger partial charge is 0.618 e. The first kappa shape index (κ1) is 16.1. The molecule has 0 aliphatic heterocycles. The molecule has 2 aromatic rings. The first-order valence-electron chi connectivity index (χ1n) is 6.59. The minimum absolute atomic E-state index is 0.0834. The second-order valence-electron chi connectivity index (χ2n) is 4.57. The molecular weight excluding hydrogens is 307 g/mol. The van der Waals surface area contributed by atoms with Crippen molar-refractivity contribution in [3.05, 3.63) is 63.5 Å². The average Bonchev–Trinajstić information content (AvgIpc) is 2.50. The third-order valence-electron chi connectivity index (χ3n) is 3.08. The van der Waals surface area contributed by atoms with E-state index < -0.39 is 12.3 Å². The quantitative estimate of drug-likeness (QED) is 0.275. The molecule has 0 N–H and O–H groups in total. The van der Waals surface area contributed by atoms with Crippen LogP contribution in [-0.4, -0.2) is 11.5 Å². The molecule has 0 saturated carbocycles. The molecule has 0 amide bonds. The summed E-state index contributed by atoms with van der Waals surface area (Å²) in [6, 6.07) is 10.4. The number of nitrogens with zero attached hydrogens (tertiary/aromatic N) is 2. The summed E-state index contributed by atoms with van der Waals surface area (Å²) < 4.78 is 19.1. The molecule has 7 nitrogen and oxygen atoms in total. The predicted molar refractivity (Wildman–Crippen MR) is 81.7 cm³/mol. The van der Waals surface area contributed by atoms with E-state index in [-0.39, 0.29) is 23.4 Å². The summed E-state index contributed by atoms with van der Waals surface area (Å²) in [5.74, 6) is 0. The Morgan fingerprint density at radius 2 is 1.91 bits per heavy atom. The fraction of sp³-hybridized carbons (Fsp3) is 0.214. The SMILES string of the molecule is CCOP(=O)(c1ccccc1)c1cc([N+](=O)[O-])cc(C)[n+]1[O-]. The maximum Gasteiger partial charge on any atom is 0.325 e. The fourth-order valence-electron chi connectivity index (χ4n) is 2.07. The smallest absolute Gasteiger partial charge is 0.325 e. The summed E-state index contributed by atoms with van der Waals surface area (Å²) in [5.41, 5.74) is -0.456. The van der Waals surface area contributed by atoms with Crippen LogP contribution in [0.15, 0.2) is 42.5 Å². The standard InChI is InChI=1S/C14H15N2O5P/c1-3-21-22(20,13-7-5-4-6-8-13)14-10-12(16(18)19)9-11(2)15(14)17/h4-10H,3H2,1-2H3. The topological polar surface area (TPSA) is 96.4 Å². The average molecular weight is 322 g/mol. The second-order valence-corrected chi connectivity index (χ2v) is 6.91. The number of nitro groups is 1. The lowest BCUT2D eigenvalue weighted by Crippen LogP contribution is -2.48. The highest BCUT2D eigenvalue weighted by Crippen LogP contribution is 2.43. The van der Waals surface area contributed by atoms with E-state index in [0.29, 0.717) is 10.0 Å². The van der Waals surface area contributed by atoms with Crippen molar-refractivity contribution in [1.82, 2.24) is 0 Å². The van der Waals surface area contributed by atoms with Gasteiger partial charge in [0.2, 0.25) is 0 Å². The normalized spacial score (nSPS) is 13.5. The third kappa shape index (κ3) is 2.86. The van der Waals surface area contributed by atoms with Gasteiger partial charge in [-0.2, -0.15) is 4.73 Å². The van der Waals surface area contributed by atoms with Crippen LogP contribution in [0.25, 0.3) is 0 Å². The molecule has 0 radical (unpaired) electrons. The molecule has 0 spiro atoms. The Hall–Kier alpha value is -2.24. The van der Waals surface area contributed by atoms with Crippen molar-refractivity contribution < 1.29 is 18.7 Å². The molecule has 0 saturated heterocycles. The van der Waals surface area contributed by atoms with E-state index in [9.17, 15) is 19.9 Å². The molecule has 0 bridgehead atoms. The lowest BCUT2D eigenvalue weighted by molar-refractivity contribution is -0.594. The molecule has 116 valence electrons. The summed E-state index contributed by atoms with van der Waals surface area (Å²) in [7, 11) is -3.71. The van der Waals surface area contributed by atoms with Gasteiger partial charge in [-0.3, -0.25) is 14.7 Å². The molecule has 1 heterocycles. The van der Waals surface area contributed by atoms with Crippen molar-refractivity contribution in [3.8, 4) is 0 Å². The number of aromatic nitrogens is 1. The number of benzene rings is 1. The lowest BCUT2D eigenvalue weighted by Gasteiger charge is -2.17. The first-order valence-corrected chi connectivity index (χ1v) is 8.22. The molecule has 0 aliphatic carbocycles. The van der Waals surface area contributed by atoms with E-state index in [1.54, 1.807) is 37.3 Å². The maximum atomic E-state index is 13.3. The highest BCUT2D eigenvalue weighted by molar-refractivity contribution is 7.73. The van der Waals surface area contributed by atoms with Crippen molar-refractivity contribution in [1.29, 1.82) is 0 Å². The fourth-order valence-corrected chi connectivity index (χ4v) is 4.25. The Bertz CT molecular complexity index is 748. The van der Waals surface area contributed by atoms with Crippen molar-refractivity contribution in [3.63, 3.8) is 0 Å². The number of aryl methyl sites for hydroxylation is 1. The molecule has 0 aliphatic rings. The number of hydrogen-bond donors (Lipinski definition) is 0. The van der Waals surface area contributed by atoms with Crippen molar-refractivity contribution in [2.45, 2.75) is 13.8 Å². The van der Waals surface area contributed by atoms with Gasteiger partial charge in [-0.05, 0) is 19.1 Å². The van der Waals surface area contributed by atoms with E-state index in [4.69, 9.17) is 4.52 Å². The van der Waals surface area contributed by atoms with Gasteiger partial charge in [-0.25, -0.2) is 0 Å². The Morgan fingerprint density at radius 3 is 2.45 bits per heavy atom. The van der Waals surface area contributed by atoms with Crippen LogP contribution in [0.5, 0.6) is 0 Å². The van der Waals surface area contributed by atoms with E-state index >= 15 is 0 Å². The minimum Gasteiger partial charge on any atom is -0.618 e. The van der Waals surface area contributed by atoms with Gasteiger partial charge in [-0.1, -0.05) is 18.2 Å². The van der Waals surface area contributed by atoms with E-state index in [2.05, 4.69) is 0 Å². The lowest BCUT2D eigenvalue weighted by atomic mass is 10.3. The van der Waals surface area contributed by atoms with Gasteiger partial charge in [0.25, 0.3) is 11.1 Å². The van der Waals surface area contributed by atoms with Crippen LogP contribution >= 0.6 is 7.37 Å². The molecule has 8 heteroatoms. The van der Waals surface area contributed by atoms with Gasteiger partial charge in [0, 0.05) is 12.2 Å². The van der Waals surface area contributed by atoms with E-state index in [0.717, 1.165) is 12.1 Å². The first-order chi connectivity index (χ1) is 10.4. The van der Waals surface area contributed by atoms with Gasteiger partial charge in [-0.15, -0.1) is 0 Å². The molecule has 22 heavy (non-hydrogen) atoms. The Labute approximate surface area is 127 Å². The molecule has 2 rings (SSSR count). The van der Waals surface area contributed by atoms with Crippen LogP contribution in [0, 0.1) is 22.2 Å². The predicted octanol–water partition coefficient (Wildman–Crippen LogP) is 1.80. The maximum absolute atomic E-state index is 13.3. The molecule has 0 fully saturated rings. The zero-order chi connectivity index (χ0) is 16.3. The van der Waals surface area contributed by atoms with Crippen LogP contribution in [0.4, 0.5) is 5.69 Å². The van der Waals surface area contributed by atoms with Crippen LogP contribution in [-0.2, 0) is 9.09 Å². The zero-order valence-electron chi connectivity index (χ0n) is 12.1. The Kier molecular flexibility index (Phi) is 4.59. The van der Waals surface area contributed by atoms with Crippen LogP contribution in [0.1, 0.15) is 12.6 Å². The molecule has 1 aromatic heterocycles. The Balaban J connectivity index is 2.74. The monoisotopic (exact) mass is 322 g/mol. The number of hydrogen-bond acceptors (Lipinski definition) is 5. The summed E-state index contributed by atoms with van der Waals surface area (Å²) in [5, 5.41) is 23.6. The van der Waals surface area contributed by atoms with Crippen molar-refractivity contribution in [2.24, 2.45) is 0 Å². The summed E-state index contributed by atoms with van der Waals surface area (Å²) in [6.07, 6.45) is 0. The highest BCUT2D eigenvalue weighted by atomic mass is 31.2. The van der Waals surface area contributed by atoms with Gasteiger partial charge in [0.05, 0.1) is 23.7 Å². The van der Waals surface area contributed by atoms with Gasteiger partial charge >= 0.3 is 7.37 Å². The zero-order valence-corrected chi connectivity index (χ0v) is 13.0. The minimum atomic E-state index is -3.71. The molecule has 1 aromatic carbocycles. The van der Waals surface area contributed by atoms with Crippen molar-refractivity contribution in [2.75, 3.05) is 6.61 Å². The van der Waals surface area contributed by atoms with E-state index in [1.807, 2.05) is 0 Å². The number of pyridine rings is 1. The highest BCUT2D eigenvalue weighted by Gasteiger charge is 2.38. The summed E-state index contributed by atoms with van der Waals surface area (Å²) >= 11 is 0. The van der Waals surface area contributed by atoms with Crippen LogP contribution in [0.3, 0.4) is 0 Å². The summed E-state index contributed by atoms with van der Waals surface area (Å²) in [4.78, 5) is 10.4. The number of rotatable bonds is 5. The second kappa shape index (κ2) is 6.25. The van der Waals surface area contributed by atoms with Gasteiger partial charge < -0.3 is 9.73 Å². The van der Waals surface area contributed by atoms with Crippen LogP contribution < -0.4 is 15.5 Å². The van der Waals surface area contributed by atoms with Crippen LogP contribution in [0.2, 0.25) is 0 Å². The van der Waals surface area contributed by atoms with Gasteiger partial charge in [0.1, 0.15) is 0 Å². The van der Waals surface area contributed by atoms with Crippen molar-refractivity contribution >= 4 is 23.8 Å². The Morgan fingerprint density at radius 1 is 1.27 bits per heavy atom. The van der Waals surface area contributed by atoms with E-state index in [1.165, 1.54) is 6.92 Å².